The molecule has 1 saturated heterocycles. The second-order valence-corrected chi connectivity index (χ2v) is 9.77. The van der Waals surface area contributed by atoms with Crippen LogP contribution in [0.2, 0.25) is 0 Å². The molecule has 1 atom stereocenters. The molecule has 1 heterocycles. The smallest absolute Gasteiger partial charge is 0.223 e. The first-order valence-corrected chi connectivity index (χ1v) is 12.2. The molecule has 0 unspecified atom stereocenters. The van der Waals surface area contributed by atoms with Crippen LogP contribution in [0.4, 0.5) is 0 Å². The summed E-state index contributed by atoms with van der Waals surface area (Å²) in [5, 5.41) is 3.23. The molecule has 1 saturated carbocycles. The first-order valence-electron chi connectivity index (χ1n) is 11.0. The number of hydrogen-bond acceptors (Lipinski definition) is 3. The minimum atomic E-state index is 0.274. The van der Waals surface area contributed by atoms with Gasteiger partial charge in [-0.3, -0.25) is 9.69 Å². The SMILES string of the molecule is CSc1ccc(CN2CCC3(CC2)C[C@H]3C(=O)NCCC2=CCCCC2)cc1. The third kappa shape index (κ3) is 4.83. The molecule has 0 radical (unpaired) electrons. The number of allylic oxidation sites excluding steroid dienone is 1. The molecule has 4 heteroatoms. The highest BCUT2D eigenvalue weighted by molar-refractivity contribution is 7.98. The Morgan fingerprint density at radius 3 is 2.68 bits per heavy atom. The molecule has 152 valence electrons. The molecule has 1 amide bonds. The van der Waals surface area contributed by atoms with Gasteiger partial charge in [0, 0.05) is 23.9 Å². The zero-order valence-corrected chi connectivity index (χ0v) is 18.0. The van der Waals surface area contributed by atoms with E-state index < -0.39 is 0 Å². The standard InChI is InChI=1S/C24H34N2OS/c1-28-21-9-7-20(8-10-21)18-26-15-12-24(13-16-26)17-22(24)23(27)25-14-11-19-5-3-2-4-6-19/h5,7-10,22H,2-4,6,11-18H2,1H3,(H,25,27)/t22-/m0/s1. The van der Waals surface area contributed by atoms with Gasteiger partial charge in [-0.2, -0.15) is 0 Å². The highest BCUT2D eigenvalue weighted by Gasteiger charge is 2.58. The van der Waals surface area contributed by atoms with E-state index in [9.17, 15) is 4.79 Å². The van der Waals surface area contributed by atoms with Crippen molar-refractivity contribution < 1.29 is 4.79 Å². The predicted molar refractivity (Wildman–Crippen MR) is 117 cm³/mol. The Morgan fingerprint density at radius 2 is 2.00 bits per heavy atom. The number of nitrogens with one attached hydrogen (secondary N) is 1. The lowest BCUT2D eigenvalue weighted by Gasteiger charge is -2.32. The molecular formula is C24H34N2OS. The van der Waals surface area contributed by atoms with Gasteiger partial charge in [-0.05, 0) is 93.8 Å². The van der Waals surface area contributed by atoms with Crippen molar-refractivity contribution in [3.8, 4) is 0 Å². The van der Waals surface area contributed by atoms with Crippen LogP contribution in [0.1, 0.15) is 56.9 Å². The normalized spacial score (nSPS) is 24.0. The maximum absolute atomic E-state index is 12.6. The quantitative estimate of drug-likeness (QED) is 0.517. The van der Waals surface area contributed by atoms with E-state index in [4.69, 9.17) is 0 Å². The maximum Gasteiger partial charge on any atom is 0.223 e. The zero-order chi connectivity index (χ0) is 19.4. The number of carbonyl (C=O) groups excluding carboxylic acids is 1. The minimum absolute atomic E-state index is 0.274. The fraction of sp³-hybridized carbons (Fsp3) is 0.625. The average molecular weight is 399 g/mol. The Kier molecular flexibility index (Phi) is 6.47. The third-order valence-corrected chi connectivity index (χ3v) is 7.80. The van der Waals surface area contributed by atoms with Crippen LogP contribution in [0.5, 0.6) is 0 Å². The summed E-state index contributed by atoms with van der Waals surface area (Å²) in [7, 11) is 0. The number of nitrogens with zero attached hydrogens (tertiary/aromatic N) is 1. The van der Waals surface area contributed by atoms with Crippen LogP contribution in [0, 0.1) is 11.3 Å². The summed E-state index contributed by atoms with van der Waals surface area (Å²) in [6, 6.07) is 8.95. The van der Waals surface area contributed by atoms with Crippen LogP contribution in [0.3, 0.4) is 0 Å². The number of benzene rings is 1. The van der Waals surface area contributed by atoms with Crippen molar-refractivity contribution in [1.82, 2.24) is 10.2 Å². The van der Waals surface area contributed by atoms with E-state index >= 15 is 0 Å². The molecule has 1 spiro atoms. The van der Waals surface area contributed by atoms with E-state index in [2.05, 4.69) is 46.8 Å². The number of carbonyl (C=O) groups is 1. The molecule has 0 aromatic heterocycles. The van der Waals surface area contributed by atoms with Gasteiger partial charge < -0.3 is 5.32 Å². The van der Waals surface area contributed by atoms with Crippen molar-refractivity contribution in [2.75, 3.05) is 25.9 Å². The van der Waals surface area contributed by atoms with Gasteiger partial charge in [0.25, 0.3) is 0 Å². The first-order chi connectivity index (χ1) is 13.7. The summed E-state index contributed by atoms with van der Waals surface area (Å²) in [6.07, 6.45) is 14.1. The Labute approximate surface area is 174 Å². The van der Waals surface area contributed by atoms with E-state index in [0.717, 1.165) is 39.0 Å². The van der Waals surface area contributed by atoms with E-state index in [1.807, 2.05) is 0 Å². The van der Waals surface area contributed by atoms with E-state index in [1.54, 1.807) is 17.3 Å². The average Bonchev–Trinajstić information content (AvgIpc) is 3.45. The fourth-order valence-corrected chi connectivity index (χ4v) is 5.43. The van der Waals surface area contributed by atoms with Gasteiger partial charge in [0.1, 0.15) is 0 Å². The fourth-order valence-electron chi connectivity index (χ4n) is 5.02. The van der Waals surface area contributed by atoms with Crippen molar-refractivity contribution in [1.29, 1.82) is 0 Å². The number of thioether (sulfide) groups is 1. The molecule has 1 aliphatic heterocycles. The van der Waals surface area contributed by atoms with Gasteiger partial charge in [0.15, 0.2) is 0 Å². The molecule has 2 aliphatic carbocycles. The molecule has 28 heavy (non-hydrogen) atoms. The number of piperidine rings is 1. The molecule has 1 N–H and O–H groups in total. The van der Waals surface area contributed by atoms with Gasteiger partial charge in [-0.25, -0.2) is 0 Å². The molecule has 4 rings (SSSR count). The number of amides is 1. The highest BCUT2D eigenvalue weighted by Crippen LogP contribution is 2.59. The Hall–Kier alpha value is -1.26. The van der Waals surface area contributed by atoms with Crippen LogP contribution in [0.25, 0.3) is 0 Å². The number of rotatable bonds is 7. The number of hydrogen-bond donors (Lipinski definition) is 1. The van der Waals surface area contributed by atoms with Crippen molar-refractivity contribution in [2.24, 2.45) is 11.3 Å². The van der Waals surface area contributed by atoms with Crippen LogP contribution in [-0.4, -0.2) is 36.7 Å². The van der Waals surface area contributed by atoms with Crippen LogP contribution in [-0.2, 0) is 11.3 Å². The molecule has 2 fully saturated rings. The zero-order valence-electron chi connectivity index (χ0n) is 17.2. The lowest BCUT2D eigenvalue weighted by Crippen LogP contribution is -2.37. The summed E-state index contributed by atoms with van der Waals surface area (Å²) < 4.78 is 0. The molecule has 1 aromatic carbocycles. The summed E-state index contributed by atoms with van der Waals surface area (Å²) in [5.41, 5.74) is 3.26. The van der Waals surface area contributed by atoms with Crippen LogP contribution in [0.15, 0.2) is 40.8 Å². The van der Waals surface area contributed by atoms with Crippen molar-refractivity contribution in [3.63, 3.8) is 0 Å². The topological polar surface area (TPSA) is 32.3 Å². The van der Waals surface area contributed by atoms with Gasteiger partial charge in [0.05, 0.1) is 0 Å². The molecule has 3 aliphatic rings. The van der Waals surface area contributed by atoms with Crippen molar-refractivity contribution in [2.45, 2.75) is 62.8 Å². The second-order valence-electron chi connectivity index (χ2n) is 8.89. The van der Waals surface area contributed by atoms with E-state index in [1.165, 1.54) is 49.0 Å². The van der Waals surface area contributed by atoms with Gasteiger partial charge in [0.2, 0.25) is 5.91 Å². The van der Waals surface area contributed by atoms with Crippen molar-refractivity contribution >= 4 is 17.7 Å². The monoisotopic (exact) mass is 398 g/mol. The molecular weight excluding hydrogens is 364 g/mol. The van der Waals surface area contributed by atoms with E-state index in [0.29, 0.717) is 11.3 Å². The Bertz CT molecular complexity index is 704. The first kappa shape index (κ1) is 20.0. The lowest BCUT2D eigenvalue weighted by atomic mass is 9.90. The van der Waals surface area contributed by atoms with Crippen molar-refractivity contribution in [3.05, 3.63) is 41.5 Å². The van der Waals surface area contributed by atoms with Gasteiger partial charge >= 0.3 is 0 Å². The summed E-state index contributed by atoms with van der Waals surface area (Å²) in [4.78, 5) is 16.5. The lowest BCUT2D eigenvalue weighted by molar-refractivity contribution is -0.123. The molecule has 0 bridgehead atoms. The maximum atomic E-state index is 12.6. The minimum Gasteiger partial charge on any atom is -0.356 e. The highest BCUT2D eigenvalue weighted by atomic mass is 32.2. The molecule has 3 nitrogen and oxygen atoms in total. The largest absolute Gasteiger partial charge is 0.356 e. The molecule has 1 aromatic rings. The second kappa shape index (κ2) is 9.04. The Balaban J connectivity index is 1.18. The summed E-state index contributed by atoms with van der Waals surface area (Å²) >= 11 is 1.79. The summed E-state index contributed by atoms with van der Waals surface area (Å²) in [5.74, 6) is 0.591. The van der Waals surface area contributed by atoms with Crippen LogP contribution < -0.4 is 5.32 Å². The van der Waals surface area contributed by atoms with E-state index in [-0.39, 0.29) is 5.92 Å². The Morgan fingerprint density at radius 1 is 1.21 bits per heavy atom. The third-order valence-electron chi connectivity index (χ3n) is 7.05. The van der Waals surface area contributed by atoms with Gasteiger partial charge in [-0.1, -0.05) is 23.8 Å². The van der Waals surface area contributed by atoms with Gasteiger partial charge in [-0.15, -0.1) is 11.8 Å². The van der Waals surface area contributed by atoms with Crippen LogP contribution >= 0.6 is 11.8 Å². The predicted octanol–water partition coefficient (Wildman–Crippen LogP) is 5.02. The number of likely N-dealkylation sites (tertiary alicyclic amines) is 1. The summed E-state index contributed by atoms with van der Waals surface area (Å²) in [6.45, 7) is 4.12.